The molecule has 0 bridgehead atoms. The van der Waals surface area contributed by atoms with Crippen LogP contribution in [0.15, 0.2) is 11.6 Å². The molecule has 0 saturated carbocycles. The molecule has 1 N–H and O–H groups in total. The van der Waals surface area contributed by atoms with Gasteiger partial charge >= 0.3 is 0 Å². The molecule has 1 aliphatic heterocycles. The topological polar surface area (TPSA) is 15.3 Å². The number of piperazine rings is 1. The second kappa shape index (κ2) is 7.02. The summed E-state index contributed by atoms with van der Waals surface area (Å²) < 4.78 is 0. The standard InChI is InChI=1S/C13H26N2/c1-12(2)5-4-6-13(3)11-15-9-7-14-8-10-15/h5,13-14H,4,6-11H2,1-3H3/t13-/m1/s1. The zero-order valence-electron chi connectivity index (χ0n) is 10.6. The van der Waals surface area contributed by atoms with Crippen molar-refractivity contribution in [2.45, 2.75) is 33.6 Å². The number of nitrogens with one attached hydrogen (secondary N) is 1. The van der Waals surface area contributed by atoms with Crippen molar-refractivity contribution in [1.82, 2.24) is 10.2 Å². The van der Waals surface area contributed by atoms with E-state index in [9.17, 15) is 0 Å². The summed E-state index contributed by atoms with van der Waals surface area (Å²) in [5.74, 6) is 0.832. The summed E-state index contributed by atoms with van der Waals surface area (Å²) >= 11 is 0. The Kier molecular flexibility index (Phi) is 5.96. The molecule has 0 aromatic heterocycles. The monoisotopic (exact) mass is 210 g/mol. The first-order valence-electron chi connectivity index (χ1n) is 6.25. The van der Waals surface area contributed by atoms with Crippen LogP contribution in [-0.4, -0.2) is 37.6 Å². The second-order valence-electron chi connectivity index (χ2n) is 5.01. The molecule has 1 heterocycles. The lowest BCUT2D eigenvalue weighted by atomic mass is 10.0. The summed E-state index contributed by atoms with van der Waals surface area (Å²) in [6.45, 7) is 12.8. The molecule has 0 aromatic rings. The van der Waals surface area contributed by atoms with Gasteiger partial charge in [-0.25, -0.2) is 0 Å². The highest BCUT2D eigenvalue weighted by Crippen LogP contribution is 2.10. The largest absolute Gasteiger partial charge is 0.314 e. The molecule has 1 aliphatic rings. The van der Waals surface area contributed by atoms with E-state index in [-0.39, 0.29) is 0 Å². The molecule has 1 rings (SSSR count). The number of nitrogens with zero attached hydrogens (tertiary/aromatic N) is 1. The van der Waals surface area contributed by atoms with Gasteiger partial charge in [0.25, 0.3) is 0 Å². The SMILES string of the molecule is CC(C)=CCC[C@@H](C)CN1CCNCC1. The van der Waals surface area contributed by atoms with Crippen LogP contribution in [0.3, 0.4) is 0 Å². The van der Waals surface area contributed by atoms with Crippen LogP contribution in [0.25, 0.3) is 0 Å². The highest BCUT2D eigenvalue weighted by atomic mass is 15.2. The molecule has 15 heavy (non-hydrogen) atoms. The van der Waals surface area contributed by atoms with Crippen molar-refractivity contribution in [2.24, 2.45) is 5.92 Å². The Morgan fingerprint density at radius 1 is 1.33 bits per heavy atom. The van der Waals surface area contributed by atoms with Gasteiger partial charge in [0.2, 0.25) is 0 Å². The average molecular weight is 210 g/mol. The van der Waals surface area contributed by atoms with Gasteiger partial charge in [-0.1, -0.05) is 18.6 Å². The normalized spacial score (nSPS) is 19.9. The Balaban J connectivity index is 2.11. The lowest BCUT2D eigenvalue weighted by molar-refractivity contribution is 0.207. The van der Waals surface area contributed by atoms with Gasteiger partial charge in [0.15, 0.2) is 0 Å². The van der Waals surface area contributed by atoms with E-state index in [1.54, 1.807) is 0 Å². The van der Waals surface area contributed by atoms with Crippen LogP contribution in [0.1, 0.15) is 33.6 Å². The zero-order chi connectivity index (χ0) is 11.1. The predicted molar refractivity (Wildman–Crippen MR) is 67.1 cm³/mol. The first kappa shape index (κ1) is 12.7. The molecule has 0 spiro atoms. The molecule has 0 unspecified atom stereocenters. The van der Waals surface area contributed by atoms with Crippen LogP contribution in [0.4, 0.5) is 0 Å². The van der Waals surface area contributed by atoms with E-state index in [0.717, 1.165) is 5.92 Å². The first-order valence-corrected chi connectivity index (χ1v) is 6.25. The van der Waals surface area contributed by atoms with Gasteiger partial charge in [0, 0.05) is 32.7 Å². The molecule has 0 aliphatic carbocycles. The van der Waals surface area contributed by atoms with Gasteiger partial charge in [0.1, 0.15) is 0 Å². The zero-order valence-corrected chi connectivity index (χ0v) is 10.6. The van der Waals surface area contributed by atoms with Gasteiger partial charge in [-0.2, -0.15) is 0 Å². The summed E-state index contributed by atoms with van der Waals surface area (Å²) in [6.07, 6.45) is 4.93. The Hall–Kier alpha value is -0.340. The van der Waals surface area contributed by atoms with E-state index in [4.69, 9.17) is 0 Å². The molecule has 0 aromatic carbocycles. The fraction of sp³-hybridized carbons (Fsp3) is 0.846. The summed E-state index contributed by atoms with van der Waals surface area (Å²) in [6, 6.07) is 0. The maximum atomic E-state index is 3.39. The third kappa shape index (κ3) is 5.95. The summed E-state index contributed by atoms with van der Waals surface area (Å²) in [5, 5.41) is 3.39. The number of allylic oxidation sites excluding steroid dienone is 2. The van der Waals surface area contributed by atoms with E-state index in [0.29, 0.717) is 0 Å². The highest BCUT2D eigenvalue weighted by Gasteiger charge is 2.12. The average Bonchev–Trinajstić information content (AvgIpc) is 2.18. The summed E-state index contributed by atoms with van der Waals surface area (Å²) in [4.78, 5) is 2.59. The van der Waals surface area contributed by atoms with Gasteiger partial charge in [0.05, 0.1) is 0 Å². The van der Waals surface area contributed by atoms with Crippen LogP contribution >= 0.6 is 0 Å². The molecular weight excluding hydrogens is 184 g/mol. The van der Waals surface area contributed by atoms with Gasteiger partial charge in [-0.15, -0.1) is 0 Å². The molecular formula is C13H26N2. The molecule has 0 amide bonds. The van der Waals surface area contributed by atoms with Crippen molar-refractivity contribution in [2.75, 3.05) is 32.7 Å². The minimum absolute atomic E-state index is 0.832. The number of hydrogen-bond donors (Lipinski definition) is 1. The first-order chi connectivity index (χ1) is 7.18. The summed E-state index contributed by atoms with van der Waals surface area (Å²) in [7, 11) is 0. The van der Waals surface area contributed by atoms with E-state index in [1.165, 1.54) is 51.1 Å². The fourth-order valence-corrected chi connectivity index (χ4v) is 2.08. The van der Waals surface area contributed by atoms with Crippen LogP contribution in [0, 0.1) is 5.92 Å². The molecule has 2 heteroatoms. The predicted octanol–water partition coefficient (Wildman–Crippen LogP) is 2.27. The Labute approximate surface area is 94.7 Å². The smallest absolute Gasteiger partial charge is 0.0107 e. The van der Waals surface area contributed by atoms with Crippen molar-refractivity contribution in [3.05, 3.63) is 11.6 Å². The quantitative estimate of drug-likeness (QED) is 0.700. The highest BCUT2D eigenvalue weighted by molar-refractivity contribution is 4.92. The molecule has 1 saturated heterocycles. The molecule has 0 radical (unpaired) electrons. The minimum Gasteiger partial charge on any atom is -0.314 e. The van der Waals surface area contributed by atoms with Gasteiger partial charge in [-0.3, -0.25) is 0 Å². The second-order valence-corrected chi connectivity index (χ2v) is 5.01. The third-order valence-electron chi connectivity index (χ3n) is 2.99. The van der Waals surface area contributed by atoms with E-state index < -0.39 is 0 Å². The Bertz CT molecular complexity index is 189. The molecule has 1 fully saturated rings. The minimum atomic E-state index is 0.832. The maximum Gasteiger partial charge on any atom is 0.0107 e. The van der Waals surface area contributed by atoms with E-state index in [1.807, 2.05) is 0 Å². The van der Waals surface area contributed by atoms with Gasteiger partial charge in [-0.05, 0) is 32.6 Å². The summed E-state index contributed by atoms with van der Waals surface area (Å²) in [5.41, 5.74) is 1.45. The molecule has 88 valence electrons. The number of rotatable bonds is 5. The van der Waals surface area contributed by atoms with Crippen molar-refractivity contribution in [3.63, 3.8) is 0 Å². The van der Waals surface area contributed by atoms with E-state index >= 15 is 0 Å². The van der Waals surface area contributed by atoms with Gasteiger partial charge < -0.3 is 10.2 Å². The van der Waals surface area contributed by atoms with Crippen molar-refractivity contribution in [1.29, 1.82) is 0 Å². The van der Waals surface area contributed by atoms with Crippen molar-refractivity contribution < 1.29 is 0 Å². The fourth-order valence-electron chi connectivity index (χ4n) is 2.08. The van der Waals surface area contributed by atoms with Crippen molar-refractivity contribution >= 4 is 0 Å². The van der Waals surface area contributed by atoms with Crippen LogP contribution < -0.4 is 5.32 Å². The van der Waals surface area contributed by atoms with E-state index in [2.05, 4.69) is 37.1 Å². The lowest BCUT2D eigenvalue weighted by Gasteiger charge is -2.29. The van der Waals surface area contributed by atoms with Crippen LogP contribution in [0.5, 0.6) is 0 Å². The van der Waals surface area contributed by atoms with Crippen molar-refractivity contribution in [3.8, 4) is 0 Å². The molecule has 1 atom stereocenters. The Morgan fingerprint density at radius 3 is 2.60 bits per heavy atom. The lowest BCUT2D eigenvalue weighted by Crippen LogP contribution is -2.45. The van der Waals surface area contributed by atoms with Crippen LogP contribution in [-0.2, 0) is 0 Å². The number of hydrogen-bond acceptors (Lipinski definition) is 2. The molecule has 2 nitrogen and oxygen atoms in total. The Morgan fingerprint density at radius 2 is 2.00 bits per heavy atom. The third-order valence-corrected chi connectivity index (χ3v) is 2.99. The maximum absolute atomic E-state index is 3.39. The van der Waals surface area contributed by atoms with Crippen LogP contribution in [0.2, 0.25) is 0 Å².